The Hall–Kier alpha value is -1.69. The number of likely N-dealkylation sites (tertiary alicyclic amines) is 1. The van der Waals surface area contributed by atoms with Crippen LogP contribution in [0.25, 0.3) is 0 Å². The van der Waals surface area contributed by atoms with E-state index in [1.165, 1.54) is 25.8 Å². The Morgan fingerprint density at radius 1 is 1.24 bits per heavy atom. The summed E-state index contributed by atoms with van der Waals surface area (Å²) < 4.78 is 0. The standard InChI is InChI=1S/C19H31N5O/c1-15-6-9-21-19(22-15)24-12-7-17(8-13-24)18(25)20-10-14-23-11-4-3-5-16(23)2/h6,9,16-17H,3-5,7-8,10-14H2,1-2H3,(H,20,25). The number of nitrogens with zero attached hydrogens (tertiary/aromatic N) is 4. The molecule has 1 aromatic heterocycles. The fourth-order valence-corrected chi connectivity index (χ4v) is 3.89. The lowest BCUT2D eigenvalue weighted by Gasteiger charge is -2.34. The van der Waals surface area contributed by atoms with Gasteiger partial charge in [0.2, 0.25) is 11.9 Å². The number of rotatable bonds is 5. The summed E-state index contributed by atoms with van der Waals surface area (Å²) in [7, 11) is 0. The number of aryl methyl sites for hydroxylation is 1. The van der Waals surface area contributed by atoms with Crippen molar-refractivity contribution in [3.63, 3.8) is 0 Å². The number of nitrogens with one attached hydrogen (secondary N) is 1. The van der Waals surface area contributed by atoms with Crippen LogP contribution >= 0.6 is 0 Å². The number of amides is 1. The van der Waals surface area contributed by atoms with Crippen molar-refractivity contribution in [3.8, 4) is 0 Å². The lowest BCUT2D eigenvalue weighted by Crippen LogP contribution is -2.45. The molecule has 0 saturated carbocycles. The molecule has 0 spiro atoms. The second kappa shape index (κ2) is 8.61. The molecule has 2 saturated heterocycles. The summed E-state index contributed by atoms with van der Waals surface area (Å²) in [6.07, 6.45) is 7.48. The number of hydrogen-bond donors (Lipinski definition) is 1. The first-order valence-corrected chi connectivity index (χ1v) is 9.70. The number of aromatic nitrogens is 2. The highest BCUT2D eigenvalue weighted by Gasteiger charge is 2.26. The summed E-state index contributed by atoms with van der Waals surface area (Å²) in [5.41, 5.74) is 0.983. The Kier molecular flexibility index (Phi) is 6.24. The van der Waals surface area contributed by atoms with Crippen LogP contribution in [-0.2, 0) is 4.79 Å². The van der Waals surface area contributed by atoms with Crippen LogP contribution < -0.4 is 10.2 Å². The fourth-order valence-electron chi connectivity index (χ4n) is 3.89. The Bertz CT molecular complexity index is 571. The van der Waals surface area contributed by atoms with Gasteiger partial charge >= 0.3 is 0 Å². The lowest BCUT2D eigenvalue weighted by atomic mass is 9.96. The van der Waals surface area contributed by atoms with Crippen molar-refractivity contribution in [2.24, 2.45) is 5.92 Å². The average Bonchev–Trinajstić information content (AvgIpc) is 2.63. The molecule has 138 valence electrons. The minimum Gasteiger partial charge on any atom is -0.355 e. The molecule has 3 heterocycles. The first-order valence-electron chi connectivity index (χ1n) is 9.70. The van der Waals surface area contributed by atoms with E-state index in [-0.39, 0.29) is 11.8 Å². The molecule has 2 fully saturated rings. The number of hydrogen-bond acceptors (Lipinski definition) is 5. The van der Waals surface area contributed by atoms with Crippen molar-refractivity contribution in [2.75, 3.05) is 37.6 Å². The van der Waals surface area contributed by atoms with Gasteiger partial charge in [0.05, 0.1) is 0 Å². The minimum atomic E-state index is 0.125. The number of carbonyl (C=O) groups excluding carboxylic acids is 1. The molecule has 25 heavy (non-hydrogen) atoms. The van der Waals surface area contributed by atoms with Crippen LogP contribution in [0.3, 0.4) is 0 Å². The van der Waals surface area contributed by atoms with E-state index in [0.29, 0.717) is 6.04 Å². The minimum absolute atomic E-state index is 0.125. The van der Waals surface area contributed by atoms with Gasteiger partial charge in [-0.05, 0) is 52.1 Å². The van der Waals surface area contributed by atoms with Crippen LogP contribution in [0, 0.1) is 12.8 Å². The summed E-state index contributed by atoms with van der Waals surface area (Å²) >= 11 is 0. The molecule has 6 nitrogen and oxygen atoms in total. The van der Waals surface area contributed by atoms with Crippen molar-refractivity contribution < 1.29 is 4.79 Å². The fraction of sp³-hybridized carbons (Fsp3) is 0.737. The average molecular weight is 345 g/mol. The third-order valence-corrected chi connectivity index (χ3v) is 5.57. The Balaban J connectivity index is 1.39. The van der Waals surface area contributed by atoms with Gasteiger partial charge in [-0.3, -0.25) is 9.69 Å². The monoisotopic (exact) mass is 345 g/mol. The maximum absolute atomic E-state index is 12.4. The van der Waals surface area contributed by atoms with Crippen molar-refractivity contribution >= 4 is 11.9 Å². The summed E-state index contributed by atoms with van der Waals surface area (Å²) in [4.78, 5) is 26.0. The van der Waals surface area contributed by atoms with Crippen LogP contribution in [0.1, 0.15) is 44.7 Å². The van der Waals surface area contributed by atoms with Crippen molar-refractivity contribution in [1.29, 1.82) is 0 Å². The molecule has 0 radical (unpaired) electrons. The molecule has 1 N–H and O–H groups in total. The maximum Gasteiger partial charge on any atom is 0.225 e. The molecule has 0 aromatic carbocycles. The van der Waals surface area contributed by atoms with Crippen LogP contribution in [0.2, 0.25) is 0 Å². The first kappa shape index (κ1) is 18.1. The molecular weight excluding hydrogens is 314 g/mol. The second-order valence-corrected chi connectivity index (χ2v) is 7.43. The van der Waals surface area contributed by atoms with Gasteiger partial charge in [-0.1, -0.05) is 6.42 Å². The summed E-state index contributed by atoms with van der Waals surface area (Å²) in [5, 5.41) is 3.15. The molecule has 1 aromatic rings. The van der Waals surface area contributed by atoms with Crippen LogP contribution in [-0.4, -0.2) is 59.5 Å². The molecule has 1 unspecified atom stereocenters. The van der Waals surface area contributed by atoms with Gasteiger partial charge in [-0.2, -0.15) is 0 Å². The van der Waals surface area contributed by atoms with E-state index in [4.69, 9.17) is 0 Å². The summed E-state index contributed by atoms with van der Waals surface area (Å²) in [6, 6.07) is 2.57. The zero-order chi connectivity index (χ0) is 17.6. The highest BCUT2D eigenvalue weighted by molar-refractivity contribution is 5.78. The molecule has 2 aliphatic rings. The summed E-state index contributed by atoms with van der Waals surface area (Å²) in [5.74, 6) is 1.13. The Morgan fingerprint density at radius 3 is 2.76 bits per heavy atom. The van der Waals surface area contributed by atoms with E-state index in [1.807, 2.05) is 13.0 Å². The van der Waals surface area contributed by atoms with E-state index >= 15 is 0 Å². The van der Waals surface area contributed by atoms with E-state index in [9.17, 15) is 4.79 Å². The van der Waals surface area contributed by atoms with Crippen molar-refractivity contribution in [3.05, 3.63) is 18.0 Å². The number of piperidine rings is 2. The quantitative estimate of drug-likeness (QED) is 0.884. The first-order chi connectivity index (χ1) is 12.1. The smallest absolute Gasteiger partial charge is 0.225 e. The predicted octanol–water partition coefficient (Wildman–Crippen LogP) is 1.99. The molecule has 1 atom stereocenters. The van der Waals surface area contributed by atoms with Gasteiger partial charge in [0.15, 0.2) is 0 Å². The largest absolute Gasteiger partial charge is 0.355 e. The van der Waals surface area contributed by atoms with Crippen LogP contribution in [0.4, 0.5) is 5.95 Å². The van der Waals surface area contributed by atoms with Gasteiger partial charge in [0.1, 0.15) is 0 Å². The van der Waals surface area contributed by atoms with Gasteiger partial charge in [0, 0.05) is 50.0 Å². The maximum atomic E-state index is 12.4. The normalized spacial score (nSPS) is 22.8. The van der Waals surface area contributed by atoms with Gasteiger partial charge in [-0.15, -0.1) is 0 Å². The molecule has 2 aliphatic heterocycles. The van der Waals surface area contributed by atoms with Gasteiger partial charge in [-0.25, -0.2) is 9.97 Å². The van der Waals surface area contributed by atoms with Crippen molar-refractivity contribution in [2.45, 2.75) is 52.0 Å². The summed E-state index contributed by atoms with van der Waals surface area (Å²) in [6.45, 7) is 8.90. The SMILES string of the molecule is Cc1ccnc(N2CCC(C(=O)NCCN3CCCCC3C)CC2)n1. The molecule has 0 bridgehead atoms. The molecule has 3 rings (SSSR count). The zero-order valence-electron chi connectivity index (χ0n) is 15.6. The Morgan fingerprint density at radius 2 is 2.04 bits per heavy atom. The third kappa shape index (κ3) is 4.91. The van der Waals surface area contributed by atoms with Crippen LogP contribution in [0.5, 0.6) is 0 Å². The predicted molar refractivity (Wildman–Crippen MR) is 99.6 cm³/mol. The van der Waals surface area contributed by atoms with E-state index < -0.39 is 0 Å². The lowest BCUT2D eigenvalue weighted by molar-refractivity contribution is -0.125. The molecule has 0 aliphatic carbocycles. The van der Waals surface area contributed by atoms with Crippen molar-refractivity contribution in [1.82, 2.24) is 20.2 Å². The highest BCUT2D eigenvalue weighted by Crippen LogP contribution is 2.21. The Labute approximate surface area is 151 Å². The van der Waals surface area contributed by atoms with Gasteiger partial charge < -0.3 is 10.2 Å². The second-order valence-electron chi connectivity index (χ2n) is 7.43. The molecular formula is C19H31N5O. The number of carbonyl (C=O) groups is 1. The van der Waals surface area contributed by atoms with Gasteiger partial charge in [0.25, 0.3) is 0 Å². The topological polar surface area (TPSA) is 61.4 Å². The number of anilines is 1. The zero-order valence-corrected chi connectivity index (χ0v) is 15.6. The third-order valence-electron chi connectivity index (χ3n) is 5.57. The van der Waals surface area contributed by atoms with Crippen LogP contribution in [0.15, 0.2) is 12.3 Å². The molecule has 6 heteroatoms. The van der Waals surface area contributed by atoms with E-state index in [2.05, 4.69) is 32.0 Å². The van der Waals surface area contributed by atoms with E-state index in [0.717, 1.165) is 50.7 Å². The highest BCUT2D eigenvalue weighted by atomic mass is 16.1. The van der Waals surface area contributed by atoms with E-state index in [1.54, 1.807) is 6.20 Å². The molecule has 1 amide bonds.